The molecule has 6 nitrogen and oxygen atoms in total. The van der Waals surface area contributed by atoms with E-state index >= 15 is 0 Å². The first-order valence-electron chi connectivity index (χ1n) is 12.1. The van der Waals surface area contributed by atoms with E-state index in [4.69, 9.17) is 9.47 Å². The number of aliphatic hydroxyl groups excluding tert-OH is 1. The molecule has 34 heavy (non-hydrogen) atoms. The van der Waals surface area contributed by atoms with Crippen LogP contribution >= 0.6 is 0 Å². The van der Waals surface area contributed by atoms with Gasteiger partial charge in [-0.15, -0.1) is 0 Å². The summed E-state index contributed by atoms with van der Waals surface area (Å²) in [5.74, 6) is 0.938. The zero-order valence-electron chi connectivity index (χ0n) is 20.1. The number of benzene rings is 2. The van der Waals surface area contributed by atoms with Crippen molar-refractivity contribution in [2.75, 3.05) is 24.1 Å². The fourth-order valence-electron chi connectivity index (χ4n) is 4.81. The van der Waals surface area contributed by atoms with E-state index in [-0.39, 0.29) is 17.5 Å². The highest BCUT2D eigenvalue weighted by Crippen LogP contribution is 2.38. The second-order valence-electron chi connectivity index (χ2n) is 9.32. The van der Waals surface area contributed by atoms with E-state index in [0.717, 1.165) is 67.7 Å². The van der Waals surface area contributed by atoms with Gasteiger partial charge in [-0.25, -0.2) is 8.42 Å². The maximum Gasteiger partial charge on any atom is 0.264 e. The Kier molecular flexibility index (Phi) is 7.65. The van der Waals surface area contributed by atoms with Crippen molar-refractivity contribution in [3.8, 4) is 5.75 Å². The van der Waals surface area contributed by atoms with Crippen LogP contribution in [0.15, 0.2) is 47.9 Å². The van der Waals surface area contributed by atoms with Crippen LogP contribution in [0.1, 0.15) is 56.2 Å². The lowest BCUT2D eigenvalue weighted by Gasteiger charge is -2.38. The van der Waals surface area contributed by atoms with Crippen molar-refractivity contribution in [2.24, 2.45) is 5.92 Å². The Balaban J connectivity index is 1.64. The second kappa shape index (κ2) is 10.5. The minimum absolute atomic E-state index is 0.116. The second-order valence-corrected chi connectivity index (χ2v) is 11.1. The first-order valence-corrected chi connectivity index (χ1v) is 13.6. The summed E-state index contributed by atoms with van der Waals surface area (Å²) in [6, 6.07) is 10.6. The molecule has 4 rings (SSSR count). The molecule has 0 amide bonds. The van der Waals surface area contributed by atoms with Gasteiger partial charge in [0.2, 0.25) is 0 Å². The first kappa shape index (κ1) is 24.8. The van der Waals surface area contributed by atoms with E-state index in [1.807, 2.05) is 26.0 Å². The zero-order valence-corrected chi connectivity index (χ0v) is 20.9. The van der Waals surface area contributed by atoms with Crippen LogP contribution in [-0.4, -0.2) is 39.4 Å². The Labute approximate surface area is 203 Å². The van der Waals surface area contributed by atoms with Gasteiger partial charge in [-0.2, -0.15) is 0 Å². The molecular weight excluding hydrogens is 450 g/mol. The van der Waals surface area contributed by atoms with Crippen molar-refractivity contribution in [3.05, 3.63) is 59.7 Å². The molecule has 0 aromatic heterocycles. The largest absolute Gasteiger partial charge is 0.493 e. The van der Waals surface area contributed by atoms with E-state index in [9.17, 15) is 13.5 Å². The number of fused-ring (bicyclic) bond motifs is 1. The van der Waals surface area contributed by atoms with Crippen LogP contribution in [0.4, 0.5) is 5.69 Å². The molecule has 2 aliphatic rings. The van der Waals surface area contributed by atoms with Crippen molar-refractivity contribution in [2.45, 2.75) is 63.5 Å². The first-order chi connectivity index (χ1) is 16.3. The SMILES string of the molecule is C=C(C)c1ccc2c(c1)CCC(CC)N2S(=O)(=O)c1ccc(OCC2CCOCC2)c(CO)c1. The molecule has 1 atom stereocenters. The standard InChI is InChI=1S/C27H35NO5S/c1-4-24-7-5-22-15-21(19(2)3)6-9-26(22)28(24)34(30,31)25-8-10-27(23(16-25)17-29)33-18-20-11-13-32-14-12-20/h6,8-10,15-16,20,24,29H,2,4-5,7,11-14,17-18H2,1,3H3. The number of hydrogen-bond donors (Lipinski definition) is 1. The van der Waals surface area contributed by atoms with E-state index in [1.165, 1.54) is 0 Å². The highest BCUT2D eigenvalue weighted by molar-refractivity contribution is 7.92. The van der Waals surface area contributed by atoms with Gasteiger partial charge in [0.15, 0.2) is 0 Å². The Morgan fingerprint density at radius 2 is 1.94 bits per heavy atom. The quantitative estimate of drug-likeness (QED) is 0.573. The Morgan fingerprint density at radius 3 is 2.62 bits per heavy atom. The van der Waals surface area contributed by atoms with E-state index in [2.05, 4.69) is 12.6 Å². The number of rotatable bonds is 8. The lowest BCUT2D eigenvalue weighted by molar-refractivity contribution is 0.0494. The van der Waals surface area contributed by atoms with Gasteiger partial charge in [-0.3, -0.25) is 4.31 Å². The lowest BCUT2D eigenvalue weighted by Crippen LogP contribution is -2.43. The van der Waals surface area contributed by atoms with Gasteiger partial charge in [0.05, 0.1) is 23.8 Å². The van der Waals surface area contributed by atoms with Crippen LogP contribution in [0.25, 0.3) is 5.57 Å². The molecule has 2 heterocycles. The minimum atomic E-state index is -3.83. The molecule has 0 aliphatic carbocycles. The molecule has 1 saturated heterocycles. The van der Waals surface area contributed by atoms with Crippen molar-refractivity contribution in [3.63, 3.8) is 0 Å². The molecule has 0 saturated carbocycles. The van der Waals surface area contributed by atoms with Gasteiger partial charge >= 0.3 is 0 Å². The summed E-state index contributed by atoms with van der Waals surface area (Å²) in [5, 5.41) is 9.98. The van der Waals surface area contributed by atoms with Gasteiger partial charge in [0.25, 0.3) is 10.0 Å². The summed E-state index contributed by atoms with van der Waals surface area (Å²) in [5.41, 5.74) is 4.22. The van der Waals surface area contributed by atoms with Gasteiger partial charge in [-0.05, 0) is 86.4 Å². The fraction of sp³-hybridized carbons (Fsp3) is 0.481. The molecule has 0 radical (unpaired) electrons. The summed E-state index contributed by atoms with van der Waals surface area (Å²) in [4.78, 5) is 0.172. The molecule has 0 spiro atoms. The fourth-order valence-corrected chi connectivity index (χ4v) is 6.66. The van der Waals surface area contributed by atoms with E-state index < -0.39 is 10.0 Å². The van der Waals surface area contributed by atoms with Crippen molar-refractivity contribution >= 4 is 21.3 Å². The predicted molar refractivity (Wildman–Crippen MR) is 135 cm³/mol. The summed E-state index contributed by atoms with van der Waals surface area (Å²) >= 11 is 0. The van der Waals surface area contributed by atoms with Crippen LogP contribution in [0, 0.1) is 5.92 Å². The smallest absolute Gasteiger partial charge is 0.264 e. The maximum atomic E-state index is 13.9. The maximum absolute atomic E-state index is 13.9. The molecule has 1 fully saturated rings. The molecule has 184 valence electrons. The number of hydrogen-bond acceptors (Lipinski definition) is 5. The van der Waals surface area contributed by atoms with E-state index in [0.29, 0.717) is 23.8 Å². The number of sulfonamides is 1. The van der Waals surface area contributed by atoms with Crippen LogP contribution in [0.2, 0.25) is 0 Å². The Morgan fingerprint density at radius 1 is 1.18 bits per heavy atom. The third-order valence-electron chi connectivity index (χ3n) is 6.93. The monoisotopic (exact) mass is 485 g/mol. The van der Waals surface area contributed by atoms with Gasteiger partial charge in [0, 0.05) is 24.8 Å². The van der Waals surface area contributed by atoms with Crippen molar-refractivity contribution < 1.29 is 23.0 Å². The summed E-state index contributed by atoms with van der Waals surface area (Å²) < 4.78 is 40.7. The zero-order chi connectivity index (χ0) is 24.3. The molecule has 7 heteroatoms. The van der Waals surface area contributed by atoms with Gasteiger partial charge < -0.3 is 14.6 Å². The van der Waals surface area contributed by atoms with Crippen LogP contribution in [0.3, 0.4) is 0 Å². The number of anilines is 1. The number of aryl methyl sites for hydroxylation is 1. The number of nitrogens with zero attached hydrogens (tertiary/aromatic N) is 1. The average molecular weight is 486 g/mol. The average Bonchev–Trinajstić information content (AvgIpc) is 2.86. The number of allylic oxidation sites excluding steroid dienone is 1. The molecule has 1 unspecified atom stereocenters. The summed E-state index contributed by atoms with van der Waals surface area (Å²) in [6.45, 7) is 9.71. The topological polar surface area (TPSA) is 76.1 Å². The number of aliphatic hydroxyl groups is 1. The normalized spacial score (nSPS) is 19.0. The lowest BCUT2D eigenvalue weighted by atomic mass is 9.94. The Hall–Kier alpha value is -2.35. The highest BCUT2D eigenvalue weighted by Gasteiger charge is 2.35. The number of ether oxygens (including phenoxy) is 2. The molecule has 2 aliphatic heterocycles. The van der Waals surface area contributed by atoms with Crippen molar-refractivity contribution in [1.29, 1.82) is 0 Å². The van der Waals surface area contributed by atoms with Gasteiger partial charge in [0.1, 0.15) is 5.75 Å². The van der Waals surface area contributed by atoms with E-state index in [1.54, 1.807) is 22.5 Å². The Bertz CT molecular complexity index is 1140. The van der Waals surface area contributed by atoms with Crippen LogP contribution in [0.5, 0.6) is 5.75 Å². The third-order valence-corrected chi connectivity index (χ3v) is 8.80. The van der Waals surface area contributed by atoms with Crippen LogP contribution < -0.4 is 9.04 Å². The minimum Gasteiger partial charge on any atom is -0.493 e. The molecule has 2 aromatic rings. The summed E-state index contributed by atoms with van der Waals surface area (Å²) in [6.07, 6.45) is 4.21. The third kappa shape index (κ3) is 5.02. The predicted octanol–water partition coefficient (Wildman–Crippen LogP) is 4.94. The molecule has 2 aromatic carbocycles. The summed E-state index contributed by atoms with van der Waals surface area (Å²) in [7, 11) is -3.83. The van der Waals surface area contributed by atoms with Crippen LogP contribution in [-0.2, 0) is 27.8 Å². The van der Waals surface area contributed by atoms with Gasteiger partial charge in [-0.1, -0.05) is 25.1 Å². The molecular formula is C27H35NO5S. The van der Waals surface area contributed by atoms with Crippen molar-refractivity contribution in [1.82, 2.24) is 0 Å². The highest BCUT2D eigenvalue weighted by atomic mass is 32.2. The molecule has 1 N–H and O–H groups in total. The molecule has 0 bridgehead atoms.